The lowest BCUT2D eigenvalue weighted by molar-refractivity contribution is -0.394. The van der Waals surface area contributed by atoms with E-state index in [2.05, 4.69) is 10.5 Å². The first-order valence-electron chi connectivity index (χ1n) is 9.50. The summed E-state index contributed by atoms with van der Waals surface area (Å²) in [7, 11) is 1.49. The summed E-state index contributed by atoms with van der Waals surface area (Å²) >= 11 is 0. The number of carbonyl (C=O) groups excluding carboxylic acids is 1. The van der Waals surface area contributed by atoms with Crippen LogP contribution in [-0.2, 0) is 6.61 Å². The van der Waals surface area contributed by atoms with Crippen LogP contribution in [-0.4, -0.2) is 29.1 Å². The summed E-state index contributed by atoms with van der Waals surface area (Å²) in [5, 5.41) is 25.9. The number of rotatable bonds is 9. The van der Waals surface area contributed by atoms with E-state index in [1.807, 2.05) is 30.3 Å². The maximum Gasteiger partial charge on any atom is 0.277 e. The van der Waals surface area contributed by atoms with Crippen LogP contribution in [0.2, 0.25) is 0 Å². The Hall–Kier alpha value is -4.80. The van der Waals surface area contributed by atoms with Crippen molar-refractivity contribution in [1.29, 1.82) is 0 Å². The first kappa shape index (κ1) is 22.9. The van der Waals surface area contributed by atoms with Gasteiger partial charge >= 0.3 is 0 Å². The molecule has 0 fully saturated rings. The standard InChI is InChI=1S/C22H18N4O7/c1-32-20-9-5-8-16(21(20)33-14-15-6-3-2-4-7-15)13-23-24-22(27)17-10-18(25(28)29)12-19(11-17)26(30)31/h2-13H,14H2,1H3,(H,24,27). The van der Waals surface area contributed by atoms with Crippen LogP contribution < -0.4 is 14.9 Å². The van der Waals surface area contributed by atoms with E-state index in [0.29, 0.717) is 17.1 Å². The number of nitrogens with one attached hydrogen (secondary N) is 1. The van der Waals surface area contributed by atoms with Crippen molar-refractivity contribution in [1.82, 2.24) is 5.43 Å². The Morgan fingerprint density at radius 3 is 2.27 bits per heavy atom. The van der Waals surface area contributed by atoms with E-state index in [1.165, 1.54) is 13.3 Å². The molecule has 11 nitrogen and oxygen atoms in total. The van der Waals surface area contributed by atoms with Gasteiger partial charge in [-0.05, 0) is 17.7 Å². The third-order valence-electron chi connectivity index (χ3n) is 4.41. The van der Waals surface area contributed by atoms with Crippen LogP contribution in [0.1, 0.15) is 21.5 Å². The van der Waals surface area contributed by atoms with Crippen LogP contribution >= 0.6 is 0 Å². The monoisotopic (exact) mass is 450 g/mol. The first-order valence-corrected chi connectivity index (χ1v) is 9.50. The first-order chi connectivity index (χ1) is 15.9. The maximum atomic E-state index is 12.4. The zero-order valence-electron chi connectivity index (χ0n) is 17.3. The number of para-hydroxylation sites is 1. The van der Waals surface area contributed by atoms with Gasteiger partial charge in [0.2, 0.25) is 0 Å². The average molecular weight is 450 g/mol. The second kappa shape index (κ2) is 10.5. The van der Waals surface area contributed by atoms with Gasteiger partial charge in [-0.2, -0.15) is 5.10 Å². The highest BCUT2D eigenvalue weighted by atomic mass is 16.6. The van der Waals surface area contributed by atoms with Gasteiger partial charge in [-0.15, -0.1) is 0 Å². The molecular weight excluding hydrogens is 432 g/mol. The Labute approximate surface area is 187 Å². The summed E-state index contributed by atoms with van der Waals surface area (Å²) in [6.07, 6.45) is 1.31. The molecule has 3 rings (SSSR count). The molecule has 0 aliphatic heterocycles. The highest BCUT2D eigenvalue weighted by Gasteiger charge is 2.19. The van der Waals surface area contributed by atoms with Gasteiger partial charge in [0.05, 0.1) is 34.8 Å². The quantitative estimate of drug-likeness (QED) is 0.296. The van der Waals surface area contributed by atoms with Gasteiger partial charge in [0.25, 0.3) is 17.3 Å². The van der Waals surface area contributed by atoms with E-state index < -0.39 is 27.1 Å². The molecule has 0 saturated heterocycles. The minimum absolute atomic E-state index is 0.270. The lowest BCUT2D eigenvalue weighted by Gasteiger charge is -2.13. The van der Waals surface area contributed by atoms with Crippen molar-refractivity contribution >= 4 is 23.5 Å². The van der Waals surface area contributed by atoms with Gasteiger partial charge < -0.3 is 9.47 Å². The smallest absolute Gasteiger partial charge is 0.277 e. The van der Waals surface area contributed by atoms with Crippen molar-refractivity contribution in [3.8, 4) is 11.5 Å². The number of nitrogens with zero attached hydrogens (tertiary/aromatic N) is 3. The van der Waals surface area contributed by atoms with E-state index in [-0.39, 0.29) is 12.2 Å². The number of hydrogen-bond acceptors (Lipinski definition) is 8. The summed E-state index contributed by atoms with van der Waals surface area (Å²) < 4.78 is 11.2. The van der Waals surface area contributed by atoms with Crippen molar-refractivity contribution in [2.45, 2.75) is 6.61 Å². The number of benzene rings is 3. The average Bonchev–Trinajstić information content (AvgIpc) is 2.83. The predicted molar refractivity (Wildman–Crippen MR) is 119 cm³/mol. The Balaban J connectivity index is 1.79. The molecule has 0 saturated carbocycles. The highest BCUT2D eigenvalue weighted by Crippen LogP contribution is 2.31. The normalized spacial score (nSPS) is 10.6. The van der Waals surface area contributed by atoms with E-state index >= 15 is 0 Å². The van der Waals surface area contributed by atoms with Crippen molar-refractivity contribution in [2.75, 3.05) is 7.11 Å². The summed E-state index contributed by atoms with van der Waals surface area (Å²) in [5.41, 5.74) is 2.20. The molecule has 0 aromatic heterocycles. The van der Waals surface area contributed by atoms with E-state index in [4.69, 9.17) is 9.47 Å². The lowest BCUT2D eigenvalue weighted by Crippen LogP contribution is -2.18. The topological polar surface area (TPSA) is 146 Å². The molecule has 0 spiro atoms. The number of methoxy groups -OCH3 is 1. The van der Waals surface area contributed by atoms with Gasteiger partial charge in [-0.3, -0.25) is 25.0 Å². The molecule has 1 amide bonds. The van der Waals surface area contributed by atoms with Gasteiger partial charge in [-0.25, -0.2) is 5.43 Å². The van der Waals surface area contributed by atoms with Crippen LogP contribution in [0.4, 0.5) is 11.4 Å². The fraction of sp³-hybridized carbons (Fsp3) is 0.0909. The molecule has 33 heavy (non-hydrogen) atoms. The van der Waals surface area contributed by atoms with Crippen LogP contribution in [0.5, 0.6) is 11.5 Å². The molecule has 0 unspecified atom stereocenters. The van der Waals surface area contributed by atoms with Crippen LogP contribution in [0.15, 0.2) is 71.8 Å². The molecule has 0 bridgehead atoms. The molecule has 168 valence electrons. The van der Waals surface area contributed by atoms with Crippen LogP contribution in [0.3, 0.4) is 0 Å². The van der Waals surface area contributed by atoms with Crippen molar-refractivity contribution in [2.24, 2.45) is 5.10 Å². The number of nitro benzene ring substituents is 2. The molecular formula is C22H18N4O7. The zero-order valence-corrected chi connectivity index (χ0v) is 17.3. The predicted octanol–water partition coefficient (Wildman–Crippen LogP) is 3.85. The summed E-state index contributed by atoms with van der Waals surface area (Å²) in [4.78, 5) is 32.8. The molecule has 3 aromatic rings. The molecule has 0 radical (unpaired) electrons. The minimum Gasteiger partial charge on any atom is -0.493 e. The molecule has 0 atom stereocenters. The lowest BCUT2D eigenvalue weighted by atomic mass is 10.1. The van der Waals surface area contributed by atoms with E-state index in [1.54, 1.807) is 18.2 Å². The van der Waals surface area contributed by atoms with Crippen LogP contribution in [0, 0.1) is 20.2 Å². The number of ether oxygens (including phenoxy) is 2. The zero-order chi connectivity index (χ0) is 23.8. The molecule has 0 aliphatic rings. The molecule has 1 N–H and O–H groups in total. The van der Waals surface area contributed by atoms with Crippen molar-refractivity contribution in [3.63, 3.8) is 0 Å². The van der Waals surface area contributed by atoms with Gasteiger partial charge in [0, 0.05) is 17.7 Å². The maximum absolute atomic E-state index is 12.4. The third-order valence-corrected chi connectivity index (χ3v) is 4.41. The number of hydrazone groups is 1. The number of non-ortho nitro benzene ring substituents is 2. The molecule has 3 aromatic carbocycles. The Morgan fingerprint density at radius 2 is 1.67 bits per heavy atom. The fourth-order valence-corrected chi connectivity index (χ4v) is 2.84. The molecule has 0 heterocycles. The number of carbonyl (C=O) groups is 1. The molecule has 11 heteroatoms. The Bertz CT molecular complexity index is 1180. The van der Waals surface area contributed by atoms with Crippen LogP contribution in [0.25, 0.3) is 0 Å². The SMILES string of the molecule is COc1cccc(C=NNC(=O)c2cc([N+](=O)[O-])cc([N+](=O)[O-])c2)c1OCc1ccccc1. The number of hydrogen-bond donors (Lipinski definition) is 1. The van der Waals surface area contributed by atoms with Crippen molar-refractivity contribution in [3.05, 3.63) is 104 Å². The fourth-order valence-electron chi connectivity index (χ4n) is 2.84. The highest BCUT2D eigenvalue weighted by molar-refractivity contribution is 5.96. The third kappa shape index (κ3) is 5.88. The second-order valence-electron chi connectivity index (χ2n) is 6.60. The minimum atomic E-state index is -0.854. The number of nitro groups is 2. The Morgan fingerprint density at radius 1 is 1.00 bits per heavy atom. The van der Waals surface area contributed by atoms with E-state index in [0.717, 1.165) is 23.8 Å². The summed E-state index contributed by atoms with van der Waals surface area (Å²) in [5.74, 6) is -0.00365. The van der Waals surface area contributed by atoms with Crippen molar-refractivity contribution < 1.29 is 24.1 Å². The van der Waals surface area contributed by atoms with E-state index in [9.17, 15) is 25.0 Å². The number of amides is 1. The summed E-state index contributed by atoms with van der Waals surface area (Å²) in [6.45, 7) is 0.270. The summed E-state index contributed by atoms with van der Waals surface area (Å²) in [6, 6.07) is 17.2. The van der Waals surface area contributed by atoms with Gasteiger partial charge in [0.15, 0.2) is 11.5 Å². The molecule has 0 aliphatic carbocycles. The largest absolute Gasteiger partial charge is 0.493 e. The van der Waals surface area contributed by atoms with Gasteiger partial charge in [-0.1, -0.05) is 36.4 Å². The Kier molecular flexibility index (Phi) is 7.27. The van der Waals surface area contributed by atoms with Gasteiger partial charge in [0.1, 0.15) is 6.61 Å². The second-order valence-corrected chi connectivity index (χ2v) is 6.60.